The lowest BCUT2D eigenvalue weighted by atomic mass is 9.89. The molecule has 3 aliphatic heterocycles. The number of benzene rings is 1. The number of carbonyl (C=O) groups is 2. The summed E-state index contributed by atoms with van der Waals surface area (Å²) in [7, 11) is 0. The van der Waals surface area contributed by atoms with E-state index in [0.29, 0.717) is 50.0 Å². The van der Waals surface area contributed by atoms with Gasteiger partial charge in [0.15, 0.2) is 5.60 Å². The van der Waals surface area contributed by atoms with Crippen LogP contribution in [0.15, 0.2) is 48.7 Å². The summed E-state index contributed by atoms with van der Waals surface area (Å²) in [5.74, 6) is -1.61. The summed E-state index contributed by atoms with van der Waals surface area (Å²) in [4.78, 5) is 30.0. The first-order valence-corrected chi connectivity index (χ1v) is 11.1. The Balaban J connectivity index is 1.20. The Bertz CT molecular complexity index is 1250. The average Bonchev–Trinajstić information content (AvgIpc) is 3.50. The lowest BCUT2D eigenvalue weighted by Gasteiger charge is -2.37. The van der Waals surface area contributed by atoms with E-state index in [2.05, 4.69) is 5.10 Å². The third kappa shape index (κ3) is 3.13. The van der Waals surface area contributed by atoms with Crippen LogP contribution < -0.4 is 0 Å². The molecule has 2 atom stereocenters. The molecule has 1 aromatic carbocycles. The number of halogens is 2. The Labute approximate surface area is 188 Å². The summed E-state index contributed by atoms with van der Waals surface area (Å²) >= 11 is 0. The van der Waals surface area contributed by atoms with Crippen molar-refractivity contribution in [1.29, 1.82) is 0 Å². The summed E-state index contributed by atoms with van der Waals surface area (Å²) in [6.45, 7) is 0.754. The quantitative estimate of drug-likeness (QED) is 0.599. The maximum atomic E-state index is 13.8. The van der Waals surface area contributed by atoms with Crippen molar-refractivity contribution >= 4 is 17.3 Å². The van der Waals surface area contributed by atoms with E-state index < -0.39 is 29.5 Å². The van der Waals surface area contributed by atoms with Crippen LogP contribution in [0.3, 0.4) is 0 Å². The molecule has 3 saturated heterocycles. The first kappa shape index (κ1) is 20.3. The molecule has 3 aromatic rings. The van der Waals surface area contributed by atoms with Crippen LogP contribution in [0.2, 0.25) is 0 Å². The highest BCUT2D eigenvalue weighted by Crippen LogP contribution is 2.47. The molecule has 3 fully saturated rings. The third-order valence-electron chi connectivity index (χ3n) is 7.09. The number of likely N-dealkylation sites (tertiary alicyclic amines) is 1. The number of aromatic nitrogens is 2. The molecule has 9 heteroatoms. The number of amides is 2. The van der Waals surface area contributed by atoms with Crippen molar-refractivity contribution in [3.63, 3.8) is 0 Å². The summed E-state index contributed by atoms with van der Waals surface area (Å²) in [6.07, 6.45) is 3.20. The minimum absolute atomic E-state index is 0.141. The largest absolute Gasteiger partial charge is 0.342 e. The van der Waals surface area contributed by atoms with Crippen LogP contribution in [0.1, 0.15) is 47.8 Å². The molecule has 170 valence electrons. The SMILES string of the molecule is O=C(c1cccc2ccnn12)N1CCC2(CC1)O[C@@H]1CC[C@@H](c3cc(F)cc(F)c3)N1C2=O. The summed E-state index contributed by atoms with van der Waals surface area (Å²) in [6, 6.07) is 10.3. The number of hydrogen-bond donors (Lipinski definition) is 0. The molecule has 0 saturated carbocycles. The van der Waals surface area contributed by atoms with E-state index in [1.54, 1.807) is 26.6 Å². The molecule has 0 N–H and O–H groups in total. The maximum absolute atomic E-state index is 13.8. The van der Waals surface area contributed by atoms with Gasteiger partial charge >= 0.3 is 0 Å². The van der Waals surface area contributed by atoms with Crippen molar-refractivity contribution in [2.75, 3.05) is 13.1 Å². The fourth-order valence-electron chi connectivity index (χ4n) is 5.48. The zero-order valence-electron chi connectivity index (χ0n) is 17.8. The number of fused-ring (bicyclic) bond motifs is 2. The van der Waals surface area contributed by atoms with Gasteiger partial charge in [-0.3, -0.25) is 9.59 Å². The Morgan fingerprint density at radius 2 is 1.82 bits per heavy atom. The number of nitrogens with zero attached hydrogens (tertiary/aromatic N) is 4. The molecule has 0 radical (unpaired) electrons. The van der Waals surface area contributed by atoms with Crippen LogP contribution in [0, 0.1) is 11.6 Å². The molecule has 33 heavy (non-hydrogen) atoms. The zero-order valence-corrected chi connectivity index (χ0v) is 17.8. The molecule has 5 heterocycles. The van der Waals surface area contributed by atoms with Crippen LogP contribution in [-0.2, 0) is 9.53 Å². The fraction of sp³-hybridized carbons (Fsp3) is 0.375. The van der Waals surface area contributed by atoms with Gasteiger partial charge in [0.25, 0.3) is 11.8 Å². The molecule has 1 spiro atoms. The van der Waals surface area contributed by atoms with Crippen molar-refractivity contribution in [2.45, 2.75) is 43.6 Å². The highest BCUT2D eigenvalue weighted by atomic mass is 19.1. The normalized spacial score (nSPS) is 24.1. The van der Waals surface area contributed by atoms with Crippen molar-refractivity contribution in [3.05, 3.63) is 71.6 Å². The number of ether oxygens (including phenoxy) is 1. The second-order valence-corrected chi connectivity index (χ2v) is 8.95. The Hall–Kier alpha value is -3.33. The van der Waals surface area contributed by atoms with Gasteiger partial charge in [0.2, 0.25) is 0 Å². The van der Waals surface area contributed by atoms with E-state index in [4.69, 9.17) is 4.74 Å². The summed E-state index contributed by atoms with van der Waals surface area (Å²) < 4.78 is 35.5. The second-order valence-electron chi connectivity index (χ2n) is 8.95. The average molecular weight is 452 g/mol. The first-order valence-electron chi connectivity index (χ1n) is 11.1. The highest BCUT2D eigenvalue weighted by molar-refractivity contribution is 5.94. The van der Waals surface area contributed by atoms with Crippen LogP contribution in [0.25, 0.3) is 5.52 Å². The van der Waals surface area contributed by atoms with Crippen molar-refractivity contribution in [2.24, 2.45) is 0 Å². The molecule has 0 unspecified atom stereocenters. The molecular formula is C24H22F2N4O3. The van der Waals surface area contributed by atoms with E-state index in [9.17, 15) is 18.4 Å². The highest BCUT2D eigenvalue weighted by Gasteiger charge is 2.58. The number of rotatable bonds is 2. The van der Waals surface area contributed by atoms with Gasteiger partial charge in [-0.1, -0.05) is 6.07 Å². The van der Waals surface area contributed by atoms with Gasteiger partial charge in [0.05, 0.1) is 17.8 Å². The molecule has 7 nitrogen and oxygen atoms in total. The molecule has 0 aliphatic carbocycles. The predicted molar refractivity (Wildman–Crippen MR) is 113 cm³/mol. The Kier molecular flexibility index (Phi) is 4.52. The van der Waals surface area contributed by atoms with E-state index in [1.165, 1.54) is 12.1 Å². The van der Waals surface area contributed by atoms with Crippen molar-refractivity contribution < 1.29 is 23.1 Å². The van der Waals surface area contributed by atoms with E-state index in [0.717, 1.165) is 11.6 Å². The van der Waals surface area contributed by atoms with Gasteiger partial charge in [0.1, 0.15) is 23.6 Å². The Morgan fingerprint density at radius 1 is 1.06 bits per heavy atom. The monoisotopic (exact) mass is 452 g/mol. The smallest absolute Gasteiger partial charge is 0.272 e. The summed E-state index contributed by atoms with van der Waals surface area (Å²) in [5, 5.41) is 4.24. The fourth-order valence-corrected chi connectivity index (χ4v) is 5.48. The number of hydrogen-bond acceptors (Lipinski definition) is 4. The molecular weight excluding hydrogens is 430 g/mol. The zero-order chi connectivity index (χ0) is 22.7. The second kappa shape index (κ2) is 7.34. The predicted octanol–water partition coefficient (Wildman–Crippen LogP) is 3.31. The lowest BCUT2D eigenvalue weighted by molar-refractivity contribution is -0.142. The van der Waals surface area contributed by atoms with Crippen LogP contribution in [0.5, 0.6) is 0 Å². The van der Waals surface area contributed by atoms with Gasteiger partial charge in [-0.05, 0) is 48.7 Å². The minimum atomic E-state index is -0.996. The summed E-state index contributed by atoms with van der Waals surface area (Å²) in [5.41, 5.74) is 0.762. The van der Waals surface area contributed by atoms with Gasteiger partial charge in [-0.2, -0.15) is 5.10 Å². The molecule has 0 bridgehead atoms. The third-order valence-corrected chi connectivity index (χ3v) is 7.09. The van der Waals surface area contributed by atoms with Gasteiger partial charge in [0, 0.05) is 32.0 Å². The van der Waals surface area contributed by atoms with Crippen molar-refractivity contribution in [3.8, 4) is 0 Å². The van der Waals surface area contributed by atoms with Gasteiger partial charge < -0.3 is 14.5 Å². The standard InChI is InChI=1S/C24H22F2N4O3/c25-16-12-15(13-17(26)14-16)19-4-5-21-29(19)23(32)24(33-21)7-10-28(11-8-24)22(31)20-3-1-2-18-6-9-27-30(18)20/h1-3,6,9,12-14,19,21H,4-5,7-8,10-11H2/t19-,21+/m0/s1. The first-order chi connectivity index (χ1) is 15.9. The number of pyridine rings is 1. The maximum Gasteiger partial charge on any atom is 0.272 e. The van der Waals surface area contributed by atoms with Crippen LogP contribution in [0.4, 0.5) is 8.78 Å². The van der Waals surface area contributed by atoms with Crippen LogP contribution >= 0.6 is 0 Å². The molecule has 2 aromatic heterocycles. The molecule has 6 rings (SSSR count). The Morgan fingerprint density at radius 3 is 2.58 bits per heavy atom. The van der Waals surface area contributed by atoms with Gasteiger partial charge in [-0.15, -0.1) is 0 Å². The van der Waals surface area contributed by atoms with Crippen LogP contribution in [-0.4, -0.2) is 56.1 Å². The lowest BCUT2D eigenvalue weighted by Crippen LogP contribution is -2.51. The van der Waals surface area contributed by atoms with Gasteiger partial charge in [-0.25, -0.2) is 13.3 Å². The van der Waals surface area contributed by atoms with E-state index >= 15 is 0 Å². The molecule has 3 aliphatic rings. The number of piperidine rings is 1. The number of carbonyl (C=O) groups excluding carboxylic acids is 2. The topological polar surface area (TPSA) is 67.2 Å². The minimum Gasteiger partial charge on any atom is -0.342 e. The van der Waals surface area contributed by atoms with E-state index in [-0.39, 0.29) is 11.8 Å². The molecule has 2 amide bonds. The van der Waals surface area contributed by atoms with E-state index in [1.807, 2.05) is 18.2 Å². The van der Waals surface area contributed by atoms with Crippen molar-refractivity contribution in [1.82, 2.24) is 19.4 Å².